The molecular formula is C13H27NO. The van der Waals surface area contributed by atoms with Crippen LogP contribution in [0.15, 0.2) is 0 Å². The topological polar surface area (TPSA) is 32.3 Å². The summed E-state index contributed by atoms with van der Waals surface area (Å²) in [5.74, 6) is 2.15. The highest BCUT2D eigenvalue weighted by Crippen LogP contribution is 2.27. The highest BCUT2D eigenvalue weighted by Gasteiger charge is 2.18. The van der Waals surface area contributed by atoms with Crippen molar-refractivity contribution in [2.75, 3.05) is 13.1 Å². The summed E-state index contributed by atoms with van der Waals surface area (Å²) in [5, 5.41) is 13.0. The van der Waals surface area contributed by atoms with Gasteiger partial charge in [-0.25, -0.2) is 0 Å². The zero-order valence-corrected chi connectivity index (χ0v) is 10.5. The molecular weight excluding hydrogens is 186 g/mol. The van der Waals surface area contributed by atoms with Crippen LogP contribution in [0.1, 0.15) is 46.5 Å². The van der Waals surface area contributed by atoms with Gasteiger partial charge in [-0.05, 0) is 37.1 Å². The van der Waals surface area contributed by atoms with Gasteiger partial charge in [-0.1, -0.05) is 33.6 Å². The maximum atomic E-state index is 9.64. The minimum Gasteiger partial charge on any atom is -0.392 e. The Hall–Kier alpha value is -0.0800. The fraction of sp³-hybridized carbons (Fsp3) is 1.00. The van der Waals surface area contributed by atoms with Crippen molar-refractivity contribution >= 4 is 0 Å². The molecule has 0 heterocycles. The van der Waals surface area contributed by atoms with Gasteiger partial charge in [0.15, 0.2) is 0 Å². The van der Waals surface area contributed by atoms with E-state index in [2.05, 4.69) is 26.1 Å². The molecule has 1 aliphatic rings. The van der Waals surface area contributed by atoms with Gasteiger partial charge in [0.2, 0.25) is 0 Å². The highest BCUT2D eigenvalue weighted by atomic mass is 16.3. The van der Waals surface area contributed by atoms with Crippen molar-refractivity contribution < 1.29 is 5.11 Å². The quantitative estimate of drug-likeness (QED) is 0.735. The van der Waals surface area contributed by atoms with Gasteiger partial charge >= 0.3 is 0 Å². The van der Waals surface area contributed by atoms with Crippen molar-refractivity contribution in [2.45, 2.75) is 52.6 Å². The van der Waals surface area contributed by atoms with Gasteiger partial charge in [-0.2, -0.15) is 0 Å². The fourth-order valence-corrected chi connectivity index (χ4v) is 2.20. The average Bonchev–Trinajstić information content (AvgIpc) is 2.20. The molecule has 90 valence electrons. The van der Waals surface area contributed by atoms with Gasteiger partial charge in [0.1, 0.15) is 0 Å². The molecule has 0 aromatic heterocycles. The molecule has 0 aromatic carbocycles. The van der Waals surface area contributed by atoms with Crippen LogP contribution >= 0.6 is 0 Å². The highest BCUT2D eigenvalue weighted by molar-refractivity contribution is 4.73. The molecule has 0 aliphatic heterocycles. The van der Waals surface area contributed by atoms with Crippen molar-refractivity contribution in [3.05, 3.63) is 0 Å². The molecule has 0 amide bonds. The van der Waals surface area contributed by atoms with Crippen LogP contribution in [0.2, 0.25) is 0 Å². The first-order valence-corrected chi connectivity index (χ1v) is 6.48. The van der Waals surface area contributed by atoms with E-state index in [-0.39, 0.29) is 6.10 Å². The predicted octanol–water partition coefficient (Wildman–Crippen LogP) is 2.42. The van der Waals surface area contributed by atoms with Crippen LogP contribution in [-0.4, -0.2) is 24.3 Å². The number of hydrogen-bond acceptors (Lipinski definition) is 2. The zero-order chi connectivity index (χ0) is 11.3. The minimum absolute atomic E-state index is 0.187. The van der Waals surface area contributed by atoms with Crippen LogP contribution in [0.25, 0.3) is 0 Å². The minimum atomic E-state index is -0.187. The first-order valence-electron chi connectivity index (χ1n) is 6.48. The van der Waals surface area contributed by atoms with Gasteiger partial charge in [0.05, 0.1) is 6.10 Å². The lowest BCUT2D eigenvalue weighted by Crippen LogP contribution is -2.34. The summed E-state index contributed by atoms with van der Waals surface area (Å²) < 4.78 is 0. The number of aliphatic hydroxyl groups excluding tert-OH is 1. The SMILES string of the molecule is CC1CCC(CNCC(O)C(C)C)CC1. The summed E-state index contributed by atoms with van der Waals surface area (Å²) in [7, 11) is 0. The van der Waals surface area contributed by atoms with Crippen LogP contribution in [-0.2, 0) is 0 Å². The van der Waals surface area contributed by atoms with E-state index in [1.807, 2.05) is 0 Å². The van der Waals surface area contributed by atoms with E-state index in [0.29, 0.717) is 5.92 Å². The summed E-state index contributed by atoms with van der Waals surface area (Å²) in [4.78, 5) is 0. The summed E-state index contributed by atoms with van der Waals surface area (Å²) in [6.45, 7) is 8.33. The third kappa shape index (κ3) is 4.98. The van der Waals surface area contributed by atoms with E-state index in [9.17, 15) is 5.11 Å². The smallest absolute Gasteiger partial charge is 0.0687 e. The second-order valence-corrected chi connectivity index (χ2v) is 5.60. The maximum Gasteiger partial charge on any atom is 0.0687 e. The van der Waals surface area contributed by atoms with Crippen LogP contribution in [0.5, 0.6) is 0 Å². The van der Waals surface area contributed by atoms with E-state index in [1.54, 1.807) is 0 Å². The van der Waals surface area contributed by atoms with Crippen molar-refractivity contribution in [3.63, 3.8) is 0 Å². The molecule has 1 unspecified atom stereocenters. The third-order valence-corrected chi connectivity index (χ3v) is 3.69. The molecule has 1 aliphatic carbocycles. The lowest BCUT2D eigenvalue weighted by Gasteiger charge is -2.27. The molecule has 1 atom stereocenters. The van der Waals surface area contributed by atoms with Gasteiger partial charge in [-0.15, -0.1) is 0 Å². The lowest BCUT2D eigenvalue weighted by atomic mass is 9.83. The molecule has 1 rings (SSSR count). The Morgan fingerprint density at radius 1 is 1.20 bits per heavy atom. The first kappa shape index (κ1) is 13.0. The number of nitrogens with one attached hydrogen (secondary N) is 1. The molecule has 2 N–H and O–H groups in total. The van der Waals surface area contributed by atoms with Gasteiger partial charge in [0.25, 0.3) is 0 Å². The first-order chi connectivity index (χ1) is 7.09. The van der Waals surface area contributed by atoms with Crippen LogP contribution < -0.4 is 5.32 Å². The monoisotopic (exact) mass is 213 g/mol. The Balaban J connectivity index is 2.05. The van der Waals surface area contributed by atoms with E-state index < -0.39 is 0 Å². The zero-order valence-electron chi connectivity index (χ0n) is 10.5. The van der Waals surface area contributed by atoms with Gasteiger partial charge < -0.3 is 10.4 Å². The summed E-state index contributed by atoms with van der Waals surface area (Å²) in [6.07, 6.45) is 5.32. The van der Waals surface area contributed by atoms with Crippen LogP contribution in [0, 0.1) is 17.8 Å². The number of rotatable bonds is 5. The van der Waals surface area contributed by atoms with Crippen LogP contribution in [0.3, 0.4) is 0 Å². The third-order valence-electron chi connectivity index (χ3n) is 3.69. The predicted molar refractivity (Wildman–Crippen MR) is 64.8 cm³/mol. The van der Waals surface area contributed by atoms with Crippen LogP contribution in [0.4, 0.5) is 0 Å². The molecule has 0 bridgehead atoms. The molecule has 0 radical (unpaired) electrons. The Morgan fingerprint density at radius 3 is 2.33 bits per heavy atom. The second-order valence-electron chi connectivity index (χ2n) is 5.60. The van der Waals surface area contributed by atoms with E-state index in [0.717, 1.165) is 24.9 Å². The van der Waals surface area contributed by atoms with Crippen molar-refractivity contribution in [1.29, 1.82) is 0 Å². The lowest BCUT2D eigenvalue weighted by molar-refractivity contribution is 0.121. The Morgan fingerprint density at radius 2 is 1.80 bits per heavy atom. The summed E-state index contributed by atoms with van der Waals surface area (Å²) in [5.41, 5.74) is 0. The molecule has 1 saturated carbocycles. The van der Waals surface area contributed by atoms with E-state index >= 15 is 0 Å². The number of hydrogen-bond donors (Lipinski definition) is 2. The molecule has 0 aromatic rings. The summed E-state index contributed by atoms with van der Waals surface area (Å²) >= 11 is 0. The fourth-order valence-electron chi connectivity index (χ4n) is 2.20. The molecule has 1 fully saturated rings. The molecule has 2 heteroatoms. The molecule has 2 nitrogen and oxygen atoms in total. The van der Waals surface area contributed by atoms with Crippen molar-refractivity contribution in [3.8, 4) is 0 Å². The molecule has 0 saturated heterocycles. The largest absolute Gasteiger partial charge is 0.392 e. The standard InChI is InChI=1S/C13H27NO/c1-10(2)13(15)9-14-8-12-6-4-11(3)5-7-12/h10-15H,4-9H2,1-3H3. The average molecular weight is 213 g/mol. The number of aliphatic hydroxyl groups is 1. The Kier molecular flexibility index (Phi) is 5.62. The Labute approximate surface area is 94.5 Å². The summed E-state index contributed by atoms with van der Waals surface area (Å²) in [6, 6.07) is 0. The van der Waals surface area contributed by atoms with E-state index in [4.69, 9.17) is 0 Å². The molecule has 15 heavy (non-hydrogen) atoms. The second kappa shape index (κ2) is 6.49. The van der Waals surface area contributed by atoms with Crippen molar-refractivity contribution in [2.24, 2.45) is 17.8 Å². The normalized spacial score (nSPS) is 29.4. The maximum absolute atomic E-state index is 9.64. The molecule has 0 spiro atoms. The van der Waals surface area contributed by atoms with Crippen molar-refractivity contribution in [1.82, 2.24) is 5.32 Å². The van der Waals surface area contributed by atoms with Gasteiger partial charge in [-0.3, -0.25) is 0 Å². The van der Waals surface area contributed by atoms with Gasteiger partial charge in [0, 0.05) is 6.54 Å². The van der Waals surface area contributed by atoms with E-state index in [1.165, 1.54) is 25.7 Å². The Bertz CT molecular complexity index is 162.